The van der Waals surface area contributed by atoms with E-state index in [4.69, 9.17) is 5.84 Å². The summed E-state index contributed by atoms with van der Waals surface area (Å²) in [4.78, 5) is 19.6. The summed E-state index contributed by atoms with van der Waals surface area (Å²) in [5.41, 5.74) is 3.57. The van der Waals surface area contributed by atoms with Crippen LogP contribution in [-0.2, 0) is 0 Å². The Labute approximate surface area is 108 Å². The van der Waals surface area contributed by atoms with E-state index >= 15 is 0 Å². The Morgan fingerprint density at radius 2 is 2.11 bits per heavy atom. The van der Waals surface area contributed by atoms with E-state index in [1.807, 2.05) is 0 Å². The molecule has 0 aliphatic rings. The summed E-state index contributed by atoms with van der Waals surface area (Å²) in [6, 6.07) is 4.15. The summed E-state index contributed by atoms with van der Waals surface area (Å²) in [7, 11) is 0. The standard InChI is InChI=1S/C12H12FN5O/c1-7-2-3-8(13)4-9(7)17-12(19)10-5-16-11(18-14)6-15-10/h2-6H,14H2,1H3,(H,16,18)(H,17,19). The van der Waals surface area contributed by atoms with Gasteiger partial charge in [0, 0.05) is 5.69 Å². The van der Waals surface area contributed by atoms with Gasteiger partial charge < -0.3 is 10.7 Å². The molecule has 6 nitrogen and oxygen atoms in total. The molecule has 4 N–H and O–H groups in total. The first kappa shape index (κ1) is 12.9. The fourth-order valence-electron chi connectivity index (χ4n) is 1.44. The molecule has 0 saturated heterocycles. The highest BCUT2D eigenvalue weighted by Gasteiger charge is 2.10. The van der Waals surface area contributed by atoms with E-state index < -0.39 is 11.7 Å². The zero-order chi connectivity index (χ0) is 13.8. The molecule has 0 radical (unpaired) electrons. The first-order chi connectivity index (χ1) is 9.10. The predicted octanol–water partition coefficient (Wildman–Crippen LogP) is 1.46. The van der Waals surface area contributed by atoms with Crippen molar-refractivity contribution < 1.29 is 9.18 Å². The number of carbonyl (C=O) groups is 1. The van der Waals surface area contributed by atoms with Crippen LogP contribution in [0.25, 0.3) is 0 Å². The first-order valence-corrected chi connectivity index (χ1v) is 5.46. The van der Waals surface area contributed by atoms with Gasteiger partial charge in [-0.15, -0.1) is 0 Å². The van der Waals surface area contributed by atoms with Gasteiger partial charge in [-0.25, -0.2) is 20.2 Å². The first-order valence-electron chi connectivity index (χ1n) is 5.46. The molecule has 19 heavy (non-hydrogen) atoms. The van der Waals surface area contributed by atoms with E-state index in [0.29, 0.717) is 11.5 Å². The van der Waals surface area contributed by atoms with E-state index in [1.54, 1.807) is 13.0 Å². The third-order valence-corrected chi connectivity index (χ3v) is 2.48. The van der Waals surface area contributed by atoms with Crippen molar-refractivity contribution in [3.8, 4) is 0 Å². The van der Waals surface area contributed by atoms with Gasteiger partial charge in [-0.3, -0.25) is 4.79 Å². The Morgan fingerprint density at radius 1 is 1.32 bits per heavy atom. The number of nitrogens with zero attached hydrogens (tertiary/aromatic N) is 2. The lowest BCUT2D eigenvalue weighted by Gasteiger charge is -2.08. The van der Waals surface area contributed by atoms with Crippen molar-refractivity contribution in [2.75, 3.05) is 10.7 Å². The Balaban J connectivity index is 2.18. The number of benzene rings is 1. The summed E-state index contributed by atoms with van der Waals surface area (Å²) >= 11 is 0. The number of amides is 1. The van der Waals surface area contributed by atoms with Gasteiger partial charge in [0.05, 0.1) is 12.4 Å². The largest absolute Gasteiger partial charge is 0.320 e. The maximum atomic E-state index is 13.1. The van der Waals surface area contributed by atoms with Crippen molar-refractivity contribution in [1.82, 2.24) is 9.97 Å². The van der Waals surface area contributed by atoms with Crippen molar-refractivity contribution in [1.29, 1.82) is 0 Å². The van der Waals surface area contributed by atoms with Crippen LogP contribution in [0.5, 0.6) is 0 Å². The molecule has 98 valence electrons. The number of nitrogens with two attached hydrogens (primary N) is 1. The van der Waals surface area contributed by atoms with Gasteiger partial charge in [0.2, 0.25) is 0 Å². The summed E-state index contributed by atoms with van der Waals surface area (Å²) < 4.78 is 13.1. The zero-order valence-corrected chi connectivity index (χ0v) is 10.1. The summed E-state index contributed by atoms with van der Waals surface area (Å²) in [6.07, 6.45) is 2.60. The summed E-state index contributed by atoms with van der Waals surface area (Å²) in [5.74, 6) is 4.60. The van der Waals surface area contributed by atoms with Gasteiger partial charge in [-0.05, 0) is 24.6 Å². The van der Waals surface area contributed by atoms with Crippen LogP contribution in [0.4, 0.5) is 15.9 Å². The number of rotatable bonds is 3. The minimum atomic E-state index is -0.468. The summed E-state index contributed by atoms with van der Waals surface area (Å²) in [5, 5.41) is 2.57. The normalized spacial score (nSPS) is 10.1. The molecular formula is C12H12FN5O. The molecule has 0 aliphatic carbocycles. The predicted molar refractivity (Wildman–Crippen MR) is 68.9 cm³/mol. The molecular weight excluding hydrogens is 249 g/mol. The molecule has 0 spiro atoms. The maximum absolute atomic E-state index is 13.1. The van der Waals surface area contributed by atoms with Crippen molar-refractivity contribution in [3.05, 3.63) is 47.7 Å². The minimum Gasteiger partial charge on any atom is -0.320 e. The quantitative estimate of drug-likeness (QED) is 0.574. The number of halogens is 1. The third kappa shape index (κ3) is 3.02. The van der Waals surface area contributed by atoms with Crippen LogP contribution in [-0.4, -0.2) is 15.9 Å². The number of hydrazine groups is 1. The van der Waals surface area contributed by atoms with Crippen molar-refractivity contribution in [2.24, 2.45) is 5.84 Å². The molecule has 2 aromatic rings. The molecule has 1 amide bonds. The van der Waals surface area contributed by atoms with Gasteiger partial charge in [0.1, 0.15) is 11.5 Å². The molecule has 1 aromatic heterocycles. The smallest absolute Gasteiger partial charge is 0.275 e. The van der Waals surface area contributed by atoms with Gasteiger partial charge in [-0.2, -0.15) is 0 Å². The average Bonchev–Trinajstić information content (AvgIpc) is 2.43. The van der Waals surface area contributed by atoms with Gasteiger partial charge in [0.25, 0.3) is 5.91 Å². The monoisotopic (exact) mass is 261 g/mol. The molecule has 0 bridgehead atoms. The average molecular weight is 261 g/mol. The number of carbonyl (C=O) groups excluding carboxylic acids is 1. The topological polar surface area (TPSA) is 92.9 Å². The van der Waals surface area contributed by atoms with E-state index in [1.165, 1.54) is 24.5 Å². The van der Waals surface area contributed by atoms with Crippen LogP contribution in [0.1, 0.15) is 16.1 Å². The van der Waals surface area contributed by atoms with Crippen LogP contribution in [0.2, 0.25) is 0 Å². The Hall–Kier alpha value is -2.54. The Kier molecular flexibility index (Phi) is 3.67. The second-order valence-corrected chi connectivity index (χ2v) is 3.84. The van der Waals surface area contributed by atoms with E-state index in [-0.39, 0.29) is 5.69 Å². The Morgan fingerprint density at radius 3 is 2.74 bits per heavy atom. The number of nitrogens with one attached hydrogen (secondary N) is 2. The molecule has 0 fully saturated rings. The number of aromatic nitrogens is 2. The molecule has 1 aromatic carbocycles. The van der Waals surface area contributed by atoms with Crippen molar-refractivity contribution in [2.45, 2.75) is 6.92 Å². The fourth-order valence-corrected chi connectivity index (χ4v) is 1.44. The number of hydrogen-bond donors (Lipinski definition) is 3. The van der Waals surface area contributed by atoms with Crippen molar-refractivity contribution >= 4 is 17.4 Å². The van der Waals surface area contributed by atoms with Crippen LogP contribution in [0.3, 0.4) is 0 Å². The van der Waals surface area contributed by atoms with E-state index in [9.17, 15) is 9.18 Å². The highest BCUT2D eigenvalue weighted by molar-refractivity contribution is 6.03. The third-order valence-electron chi connectivity index (χ3n) is 2.48. The van der Waals surface area contributed by atoms with Gasteiger partial charge >= 0.3 is 0 Å². The highest BCUT2D eigenvalue weighted by atomic mass is 19.1. The lowest BCUT2D eigenvalue weighted by Crippen LogP contribution is -2.16. The van der Waals surface area contributed by atoms with Crippen LogP contribution in [0, 0.1) is 12.7 Å². The number of hydrogen-bond acceptors (Lipinski definition) is 5. The molecule has 0 unspecified atom stereocenters. The van der Waals surface area contributed by atoms with Gasteiger partial charge in [-0.1, -0.05) is 6.07 Å². The molecule has 0 saturated carbocycles. The van der Waals surface area contributed by atoms with E-state index in [2.05, 4.69) is 20.7 Å². The second-order valence-electron chi connectivity index (χ2n) is 3.84. The molecule has 1 heterocycles. The van der Waals surface area contributed by atoms with Crippen molar-refractivity contribution in [3.63, 3.8) is 0 Å². The summed E-state index contributed by atoms with van der Waals surface area (Å²) in [6.45, 7) is 1.77. The maximum Gasteiger partial charge on any atom is 0.275 e. The van der Waals surface area contributed by atoms with E-state index in [0.717, 1.165) is 5.56 Å². The Bertz CT molecular complexity index is 600. The lowest BCUT2D eigenvalue weighted by atomic mass is 10.2. The molecule has 7 heteroatoms. The molecule has 0 atom stereocenters. The minimum absolute atomic E-state index is 0.114. The number of anilines is 2. The lowest BCUT2D eigenvalue weighted by molar-refractivity contribution is 0.102. The van der Waals surface area contributed by atoms with Crippen LogP contribution >= 0.6 is 0 Å². The highest BCUT2D eigenvalue weighted by Crippen LogP contribution is 2.16. The van der Waals surface area contributed by atoms with Crippen LogP contribution in [0.15, 0.2) is 30.6 Å². The fraction of sp³-hybridized carbons (Fsp3) is 0.0833. The zero-order valence-electron chi connectivity index (χ0n) is 10.1. The molecule has 2 rings (SSSR count). The number of aryl methyl sites for hydroxylation is 1. The SMILES string of the molecule is Cc1ccc(F)cc1NC(=O)c1cnc(NN)cn1. The number of nitrogen functional groups attached to an aromatic ring is 1. The molecule has 0 aliphatic heterocycles. The second kappa shape index (κ2) is 5.40. The van der Waals surface area contributed by atoms with Crippen LogP contribution < -0.4 is 16.6 Å². The van der Waals surface area contributed by atoms with Gasteiger partial charge in [0.15, 0.2) is 5.82 Å².